The summed E-state index contributed by atoms with van der Waals surface area (Å²) in [5.74, 6) is -2.09. The van der Waals surface area contributed by atoms with Crippen LogP contribution >= 0.6 is 34.4 Å². The van der Waals surface area contributed by atoms with E-state index in [2.05, 4.69) is 136 Å². The van der Waals surface area contributed by atoms with Gasteiger partial charge in [0.1, 0.15) is 23.3 Å². The number of unbranched alkanes of at least 4 members (excludes halogenated alkanes) is 4. The van der Waals surface area contributed by atoms with Gasteiger partial charge in [0.15, 0.2) is 0 Å². The molecule has 0 radical (unpaired) electrons. The van der Waals surface area contributed by atoms with Crippen molar-refractivity contribution in [2.75, 3.05) is 0 Å². The van der Waals surface area contributed by atoms with Crippen LogP contribution in [-0.2, 0) is 20.4 Å². The fourth-order valence-corrected chi connectivity index (χ4v) is 17.3. The third kappa shape index (κ3) is 10.4. The van der Waals surface area contributed by atoms with E-state index in [-0.39, 0.29) is 39.3 Å². The summed E-state index contributed by atoms with van der Waals surface area (Å²) in [6.07, 6.45) is 40.1. The predicted molar refractivity (Wildman–Crippen MR) is 324 cm³/mol. The van der Waals surface area contributed by atoms with E-state index >= 15 is 0 Å². The zero-order valence-corrected chi connectivity index (χ0v) is 48.0. The average molecular weight is 1090 g/mol. The lowest BCUT2D eigenvalue weighted by Gasteiger charge is -2.46. The van der Waals surface area contributed by atoms with E-state index in [0.29, 0.717) is 17.2 Å². The smallest absolute Gasteiger partial charge is 0.346 e. The minimum Gasteiger partial charge on any atom is -0.477 e. The summed E-state index contributed by atoms with van der Waals surface area (Å²) in [5, 5.41) is 38.2. The standard InChI is InChI=1S/C68H71N3O4S3/c1-5-9-33-67(34-10-6-2)57-19-15-13-17-52(57)54-29-25-48(39-59(54)67)71(49-26-30-55-53-18-14-16-20-58(53)68(35-11-7-3,36-12-8-4)60(55)40-49)47-23-21-44(22-24-47)63-41-56(61-31-27-50(76-61)37-45(42-69)65(72)73)64(78-63)62-32-28-51(77-62)38-46(43-70)66(74)75/h13-23,25-26,28-32,37-38,41,47-48,50,60H,5-12,24,27,33-36,39-40H2,1-4H3,(H,72,73)(H,74,75)/b45-37+,46-38+. The summed E-state index contributed by atoms with van der Waals surface area (Å²) in [5.41, 5.74) is 13.7. The Hall–Kier alpha value is -6.43. The zero-order chi connectivity index (χ0) is 54.6. The normalized spacial score (nSPS) is 21.6. The number of carbonyl (C=O) groups is 2. The van der Waals surface area contributed by atoms with Gasteiger partial charge in [-0.05, 0) is 138 Å². The maximum atomic E-state index is 11.8. The Morgan fingerprint density at radius 3 is 2.04 bits per heavy atom. The number of carboxylic acids is 2. The fraction of sp³-hybridized carbons (Fsp3) is 0.382. The topological polar surface area (TPSA) is 125 Å². The Bertz CT molecular complexity index is 3350. The number of hydrogen-bond donors (Lipinski definition) is 2. The van der Waals surface area contributed by atoms with Crippen molar-refractivity contribution in [3.63, 3.8) is 0 Å². The second kappa shape index (κ2) is 23.9. The van der Waals surface area contributed by atoms with Gasteiger partial charge in [0.2, 0.25) is 0 Å². The number of nitrogens with zero attached hydrogens (tertiary/aromatic N) is 3. The highest BCUT2D eigenvalue weighted by Gasteiger charge is 2.51. The van der Waals surface area contributed by atoms with Gasteiger partial charge in [-0.1, -0.05) is 170 Å². The van der Waals surface area contributed by atoms with Crippen LogP contribution in [0.2, 0.25) is 0 Å². The zero-order valence-electron chi connectivity index (χ0n) is 45.5. The highest BCUT2D eigenvalue weighted by Crippen LogP contribution is 2.60. The number of aliphatic carboxylic acids is 2. The number of rotatable bonds is 22. The van der Waals surface area contributed by atoms with Gasteiger partial charge in [0.25, 0.3) is 0 Å². The van der Waals surface area contributed by atoms with Crippen LogP contribution in [0.1, 0.15) is 168 Å². The van der Waals surface area contributed by atoms with E-state index in [9.17, 15) is 30.3 Å². The van der Waals surface area contributed by atoms with Crippen LogP contribution < -0.4 is 0 Å². The first-order valence-corrected chi connectivity index (χ1v) is 31.0. The van der Waals surface area contributed by atoms with E-state index in [0.717, 1.165) is 49.9 Å². The molecule has 7 nitrogen and oxygen atoms in total. The van der Waals surface area contributed by atoms with Crippen LogP contribution in [0.4, 0.5) is 0 Å². The molecule has 0 saturated heterocycles. The lowest BCUT2D eigenvalue weighted by Crippen LogP contribution is -2.45. The molecular weight excluding hydrogens is 1020 g/mol. The summed E-state index contributed by atoms with van der Waals surface area (Å²) in [6, 6.07) is 28.7. The predicted octanol–water partition coefficient (Wildman–Crippen LogP) is 17.9. The third-order valence-electron chi connectivity index (χ3n) is 17.5. The van der Waals surface area contributed by atoms with E-state index in [1.165, 1.54) is 128 Å². The number of thiophene rings is 2. The minimum atomic E-state index is -1.26. The van der Waals surface area contributed by atoms with Crippen LogP contribution in [0, 0.1) is 28.6 Å². The summed E-state index contributed by atoms with van der Waals surface area (Å²) >= 11 is 4.70. The molecule has 2 aromatic carbocycles. The van der Waals surface area contributed by atoms with Crippen molar-refractivity contribution < 1.29 is 19.8 Å². The van der Waals surface area contributed by atoms with Crippen LogP contribution in [0.15, 0.2) is 144 Å². The number of hydrogen-bond acceptors (Lipinski definition) is 8. The monoisotopic (exact) mass is 1090 g/mol. The molecule has 400 valence electrons. The number of benzene rings is 2. The molecule has 6 aliphatic rings. The number of fused-ring (bicyclic) bond motifs is 5. The molecule has 0 amide bonds. The molecule has 10 heteroatoms. The van der Waals surface area contributed by atoms with Crippen LogP contribution in [0.3, 0.4) is 0 Å². The maximum absolute atomic E-state index is 11.8. The van der Waals surface area contributed by atoms with Gasteiger partial charge in [-0.3, -0.25) is 0 Å². The summed E-state index contributed by atoms with van der Waals surface area (Å²) in [4.78, 5) is 31.2. The maximum Gasteiger partial charge on any atom is 0.346 e. The average Bonchev–Trinajstić information content (AvgIpc) is 4.34. The molecule has 2 aromatic heterocycles. The summed E-state index contributed by atoms with van der Waals surface area (Å²) < 4.78 is 0. The van der Waals surface area contributed by atoms with Crippen molar-refractivity contribution >= 4 is 74.1 Å². The molecule has 0 fully saturated rings. The van der Waals surface area contributed by atoms with Crippen LogP contribution in [0.5, 0.6) is 0 Å². The minimum absolute atomic E-state index is 0.0266. The highest BCUT2D eigenvalue weighted by atomic mass is 32.2. The molecule has 2 N–H and O–H groups in total. The third-order valence-corrected chi connectivity index (χ3v) is 21.2. The van der Waals surface area contributed by atoms with Gasteiger partial charge in [0.05, 0.1) is 17.0 Å². The molecular formula is C68H71N3O4S3. The largest absolute Gasteiger partial charge is 0.477 e. The first kappa shape index (κ1) is 54.9. The molecule has 4 unspecified atom stereocenters. The van der Waals surface area contributed by atoms with E-state index in [4.69, 9.17) is 0 Å². The Labute approximate surface area is 474 Å². The van der Waals surface area contributed by atoms with Crippen molar-refractivity contribution in [3.8, 4) is 21.9 Å². The molecule has 3 heterocycles. The van der Waals surface area contributed by atoms with Crippen LogP contribution in [0.25, 0.3) is 37.5 Å². The highest BCUT2D eigenvalue weighted by molar-refractivity contribution is 8.09. The van der Waals surface area contributed by atoms with Gasteiger partial charge in [0, 0.05) is 46.9 Å². The van der Waals surface area contributed by atoms with E-state index in [1.807, 2.05) is 24.3 Å². The first-order valence-electron chi connectivity index (χ1n) is 28.5. The molecule has 4 aromatic rings. The molecule has 1 aliphatic heterocycles. The summed E-state index contributed by atoms with van der Waals surface area (Å²) in [7, 11) is 0. The Kier molecular flexibility index (Phi) is 16.8. The lowest BCUT2D eigenvalue weighted by molar-refractivity contribution is -0.133. The van der Waals surface area contributed by atoms with Crippen molar-refractivity contribution in [1.29, 1.82) is 10.5 Å². The number of nitriles is 2. The first-order chi connectivity index (χ1) is 38.0. The second-order valence-electron chi connectivity index (χ2n) is 22.0. The van der Waals surface area contributed by atoms with Crippen molar-refractivity contribution in [3.05, 3.63) is 181 Å². The Morgan fingerprint density at radius 2 is 1.37 bits per heavy atom. The lowest BCUT2D eigenvalue weighted by atomic mass is 9.65. The van der Waals surface area contributed by atoms with Gasteiger partial charge < -0.3 is 15.1 Å². The molecule has 5 aliphatic carbocycles. The van der Waals surface area contributed by atoms with Gasteiger partial charge in [-0.2, -0.15) is 10.5 Å². The molecule has 4 atom stereocenters. The van der Waals surface area contributed by atoms with Crippen molar-refractivity contribution in [1.82, 2.24) is 4.90 Å². The Balaban J connectivity index is 1.04. The van der Waals surface area contributed by atoms with Gasteiger partial charge >= 0.3 is 11.9 Å². The van der Waals surface area contributed by atoms with E-state index in [1.54, 1.807) is 40.3 Å². The van der Waals surface area contributed by atoms with Gasteiger partial charge in [-0.15, -0.1) is 34.4 Å². The molecule has 78 heavy (non-hydrogen) atoms. The molecule has 0 saturated carbocycles. The molecule has 0 spiro atoms. The number of carboxylic acid groups (broad SMARTS) is 2. The summed E-state index contributed by atoms with van der Waals surface area (Å²) in [6.45, 7) is 9.37. The number of thioether (sulfide) groups is 1. The SMILES string of the molecule is CCCCC1(CCCC)C2=C(C=CC(N(C3=CC=C4c5ccccc5C(CCCC)(CCCC)C4C3)C3C=CC(c4cc(C5=CCC(/C=C(\C#N)C(=O)O)S5)c(-c5ccc(/C=C(\C#N)C(=O)O)s5)s4)=CC3)C2)c2ccccc21. The fourth-order valence-electron chi connectivity index (χ4n) is 13.8. The second-order valence-corrected chi connectivity index (χ2v) is 25.5. The van der Waals surface area contributed by atoms with Crippen molar-refractivity contribution in [2.45, 2.75) is 159 Å². The van der Waals surface area contributed by atoms with Crippen LogP contribution in [-0.4, -0.2) is 44.4 Å². The quantitative estimate of drug-likeness (QED) is 0.0589. The van der Waals surface area contributed by atoms with Gasteiger partial charge in [-0.25, -0.2) is 9.59 Å². The Morgan fingerprint density at radius 1 is 0.705 bits per heavy atom. The molecule has 0 bridgehead atoms. The van der Waals surface area contributed by atoms with E-state index < -0.39 is 11.9 Å². The number of allylic oxidation sites excluding steroid dienone is 9. The van der Waals surface area contributed by atoms with Crippen molar-refractivity contribution in [2.24, 2.45) is 5.92 Å². The molecule has 10 rings (SSSR count).